The van der Waals surface area contributed by atoms with Crippen LogP contribution in [0.2, 0.25) is 5.02 Å². The minimum atomic E-state index is -3.69. The van der Waals surface area contributed by atoms with Crippen molar-refractivity contribution in [2.24, 2.45) is 0 Å². The number of methoxy groups -OCH3 is 1. The number of rotatable bonds is 4. The van der Waals surface area contributed by atoms with E-state index in [1.807, 2.05) is 0 Å². The Morgan fingerprint density at radius 3 is 2.32 bits per heavy atom. The molecule has 0 aromatic heterocycles. The van der Waals surface area contributed by atoms with E-state index in [2.05, 4.69) is 4.74 Å². The van der Waals surface area contributed by atoms with Gasteiger partial charge in [0.1, 0.15) is 0 Å². The average Bonchev–Trinajstić information content (AvgIpc) is 2.54. The summed E-state index contributed by atoms with van der Waals surface area (Å²) in [4.78, 5) is 11.7. The van der Waals surface area contributed by atoms with Crippen LogP contribution in [0.15, 0.2) is 53.4 Å². The fourth-order valence-corrected chi connectivity index (χ4v) is 3.33. The quantitative estimate of drug-likeness (QED) is 0.803. The molecule has 22 heavy (non-hydrogen) atoms. The van der Waals surface area contributed by atoms with E-state index in [9.17, 15) is 13.2 Å². The maximum absolute atomic E-state index is 12.5. The van der Waals surface area contributed by atoms with Crippen molar-refractivity contribution in [3.8, 4) is 0 Å². The van der Waals surface area contributed by atoms with Crippen LogP contribution < -0.4 is 4.31 Å². The molecular formula is C15H14ClNO4S. The maximum Gasteiger partial charge on any atom is 0.339 e. The van der Waals surface area contributed by atoms with Crippen LogP contribution in [-0.2, 0) is 14.8 Å². The third kappa shape index (κ3) is 3.08. The third-order valence-corrected chi connectivity index (χ3v) is 5.24. The number of sulfonamides is 1. The first kappa shape index (κ1) is 16.3. The minimum Gasteiger partial charge on any atom is -0.465 e. The lowest BCUT2D eigenvalue weighted by molar-refractivity contribution is 0.0601. The van der Waals surface area contributed by atoms with E-state index >= 15 is 0 Å². The van der Waals surface area contributed by atoms with E-state index in [-0.39, 0.29) is 15.5 Å². The van der Waals surface area contributed by atoms with E-state index < -0.39 is 16.0 Å². The van der Waals surface area contributed by atoms with Crippen molar-refractivity contribution in [3.05, 3.63) is 59.1 Å². The van der Waals surface area contributed by atoms with Gasteiger partial charge in [-0.15, -0.1) is 0 Å². The monoisotopic (exact) mass is 339 g/mol. The van der Waals surface area contributed by atoms with Crippen LogP contribution in [0, 0.1) is 0 Å². The topological polar surface area (TPSA) is 63.7 Å². The molecule has 0 bridgehead atoms. The van der Waals surface area contributed by atoms with E-state index in [1.54, 1.807) is 18.2 Å². The second kappa shape index (κ2) is 6.37. The Morgan fingerprint density at radius 1 is 1.14 bits per heavy atom. The van der Waals surface area contributed by atoms with Gasteiger partial charge in [0.25, 0.3) is 10.0 Å². The molecule has 0 radical (unpaired) electrons. The lowest BCUT2D eigenvalue weighted by Crippen LogP contribution is -2.26. The molecule has 0 unspecified atom stereocenters. The van der Waals surface area contributed by atoms with Gasteiger partial charge in [0.05, 0.1) is 28.3 Å². The van der Waals surface area contributed by atoms with Gasteiger partial charge in [0, 0.05) is 7.05 Å². The number of ether oxygens (including phenoxy) is 1. The predicted molar refractivity (Wildman–Crippen MR) is 84.8 cm³/mol. The summed E-state index contributed by atoms with van der Waals surface area (Å²) >= 11 is 6.02. The number of carbonyl (C=O) groups excluding carboxylic acids is 1. The normalized spacial score (nSPS) is 11.0. The van der Waals surface area contributed by atoms with Crippen LogP contribution in [0.25, 0.3) is 0 Å². The highest BCUT2D eigenvalue weighted by atomic mass is 35.5. The van der Waals surface area contributed by atoms with Crippen LogP contribution in [0.4, 0.5) is 5.69 Å². The summed E-state index contributed by atoms with van der Waals surface area (Å²) in [6.45, 7) is 0. The number of hydrogen-bond acceptors (Lipinski definition) is 4. The number of esters is 1. The summed E-state index contributed by atoms with van der Waals surface area (Å²) in [6, 6.07) is 12.4. The zero-order valence-electron chi connectivity index (χ0n) is 12.0. The lowest BCUT2D eigenvalue weighted by Gasteiger charge is -2.20. The first-order valence-corrected chi connectivity index (χ1v) is 8.11. The molecule has 0 N–H and O–H groups in total. The van der Waals surface area contributed by atoms with Gasteiger partial charge in [-0.1, -0.05) is 29.8 Å². The fourth-order valence-electron chi connectivity index (χ4n) is 1.86. The average molecular weight is 340 g/mol. The molecule has 2 aromatic carbocycles. The Kier molecular flexibility index (Phi) is 4.73. The zero-order valence-corrected chi connectivity index (χ0v) is 13.6. The Labute approximate surface area is 134 Å². The SMILES string of the molecule is COC(=O)c1ccc(N(C)S(=O)(=O)c2ccccc2)cc1Cl. The molecule has 0 aliphatic carbocycles. The number of halogens is 1. The van der Waals surface area contributed by atoms with E-state index in [4.69, 9.17) is 11.6 Å². The summed E-state index contributed by atoms with van der Waals surface area (Å²) in [6.07, 6.45) is 0. The van der Waals surface area contributed by atoms with Crippen LogP contribution in [0.5, 0.6) is 0 Å². The highest BCUT2D eigenvalue weighted by Gasteiger charge is 2.22. The molecule has 0 aliphatic rings. The van der Waals surface area contributed by atoms with Crippen molar-refractivity contribution in [1.82, 2.24) is 0 Å². The predicted octanol–water partition coefficient (Wildman–Crippen LogP) is 2.95. The third-order valence-electron chi connectivity index (χ3n) is 3.12. The Morgan fingerprint density at radius 2 is 1.77 bits per heavy atom. The minimum absolute atomic E-state index is 0.125. The summed E-state index contributed by atoms with van der Waals surface area (Å²) in [5.41, 5.74) is 0.528. The number of anilines is 1. The summed E-state index contributed by atoms with van der Waals surface area (Å²) in [7, 11) is -1.02. The summed E-state index contributed by atoms with van der Waals surface area (Å²) in [5, 5.41) is 0.125. The number of nitrogens with zero attached hydrogens (tertiary/aromatic N) is 1. The van der Waals surface area contributed by atoms with Gasteiger partial charge < -0.3 is 4.74 Å². The van der Waals surface area contributed by atoms with E-state index in [0.29, 0.717) is 5.69 Å². The molecule has 0 saturated heterocycles. The van der Waals surface area contributed by atoms with Gasteiger partial charge in [0.15, 0.2) is 0 Å². The zero-order chi connectivity index (χ0) is 16.3. The van der Waals surface area contributed by atoms with Crippen LogP contribution >= 0.6 is 11.6 Å². The largest absolute Gasteiger partial charge is 0.465 e. The molecule has 0 fully saturated rings. The van der Waals surface area contributed by atoms with Crippen LogP contribution in [0.3, 0.4) is 0 Å². The number of benzene rings is 2. The molecule has 0 saturated carbocycles. The Hall–Kier alpha value is -2.05. The molecule has 0 atom stereocenters. The van der Waals surface area contributed by atoms with Crippen molar-refractivity contribution >= 4 is 33.3 Å². The first-order valence-electron chi connectivity index (χ1n) is 6.30. The molecule has 0 spiro atoms. The standard InChI is InChI=1S/C15H14ClNO4S/c1-17(22(19,20)12-6-4-3-5-7-12)11-8-9-13(14(16)10-11)15(18)21-2/h3-10H,1-2H3. The fraction of sp³-hybridized carbons (Fsp3) is 0.133. The van der Waals surface area contributed by atoms with E-state index in [1.165, 1.54) is 44.5 Å². The number of carbonyl (C=O) groups is 1. The van der Waals surface area contributed by atoms with Gasteiger partial charge in [0.2, 0.25) is 0 Å². The van der Waals surface area contributed by atoms with Crippen LogP contribution in [0.1, 0.15) is 10.4 Å². The van der Waals surface area contributed by atoms with E-state index in [0.717, 1.165) is 4.31 Å². The highest BCUT2D eigenvalue weighted by Crippen LogP contribution is 2.27. The molecule has 116 valence electrons. The van der Waals surface area contributed by atoms with Gasteiger partial charge >= 0.3 is 5.97 Å². The van der Waals surface area contributed by atoms with Gasteiger partial charge in [-0.25, -0.2) is 13.2 Å². The van der Waals surface area contributed by atoms with Gasteiger partial charge in [-0.05, 0) is 30.3 Å². The maximum atomic E-state index is 12.5. The smallest absolute Gasteiger partial charge is 0.339 e. The van der Waals surface area contributed by atoms with Crippen LogP contribution in [-0.4, -0.2) is 28.5 Å². The molecule has 7 heteroatoms. The second-order valence-electron chi connectivity index (χ2n) is 4.44. The van der Waals surface area contributed by atoms with Crippen molar-refractivity contribution in [1.29, 1.82) is 0 Å². The Bertz CT molecular complexity index is 790. The first-order chi connectivity index (χ1) is 10.4. The molecule has 0 amide bonds. The van der Waals surface area contributed by atoms with Gasteiger partial charge in [-0.3, -0.25) is 4.31 Å². The van der Waals surface area contributed by atoms with Crippen molar-refractivity contribution in [2.75, 3.05) is 18.5 Å². The molecule has 0 aliphatic heterocycles. The molecule has 5 nitrogen and oxygen atoms in total. The summed E-state index contributed by atoms with van der Waals surface area (Å²) in [5.74, 6) is -0.579. The molecule has 2 aromatic rings. The molecule has 0 heterocycles. The van der Waals surface area contributed by atoms with Crippen molar-refractivity contribution in [3.63, 3.8) is 0 Å². The highest BCUT2D eigenvalue weighted by molar-refractivity contribution is 7.92. The summed E-state index contributed by atoms with van der Waals surface area (Å²) < 4.78 is 30.7. The number of hydrogen-bond donors (Lipinski definition) is 0. The van der Waals surface area contributed by atoms with Crippen molar-refractivity contribution in [2.45, 2.75) is 4.90 Å². The second-order valence-corrected chi connectivity index (χ2v) is 6.82. The Balaban J connectivity index is 2.40. The lowest BCUT2D eigenvalue weighted by atomic mass is 10.2. The molecule has 2 rings (SSSR count). The van der Waals surface area contributed by atoms with Crippen molar-refractivity contribution < 1.29 is 17.9 Å². The molecular weight excluding hydrogens is 326 g/mol. The van der Waals surface area contributed by atoms with Gasteiger partial charge in [-0.2, -0.15) is 0 Å².